The maximum absolute atomic E-state index is 5.54. The van der Waals surface area contributed by atoms with E-state index in [4.69, 9.17) is 4.74 Å². The maximum atomic E-state index is 5.54. The Hall–Kier alpha value is -1.81. The Morgan fingerprint density at radius 3 is 2.62 bits per heavy atom. The smallest absolute Gasteiger partial charge is 0.123 e. The molecule has 0 saturated heterocycles. The summed E-state index contributed by atoms with van der Waals surface area (Å²) in [5, 5.41) is 3.56. The maximum Gasteiger partial charge on any atom is 0.123 e. The molecule has 0 saturated carbocycles. The summed E-state index contributed by atoms with van der Waals surface area (Å²) < 4.78 is 7.73. The summed E-state index contributed by atoms with van der Waals surface area (Å²) in [6, 6.07) is 6.53. The van der Waals surface area contributed by atoms with E-state index in [0.29, 0.717) is 0 Å². The van der Waals surface area contributed by atoms with Crippen molar-refractivity contribution in [2.45, 2.75) is 40.3 Å². The summed E-state index contributed by atoms with van der Waals surface area (Å²) in [5.41, 5.74) is 4.74. The molecule has 1 atom stereocenters. The minimum atomic E-state index is 0.206. The first-order valence-electron chi connectivity index (χ1n) is 7.43. The molecule has 0 amide bonds. The van der Waals surface area contributed by atoms with Gasteiger partial charge in [-0.1, -0.05) is 24.6 Å². The monoisotopic (exact) mass is 287 g/mol. The number of aryl methyl sites for hydroxylation is 2. The van der Waals surface area contributed by atoms with Crippen molar-refractivity contribution < 1.29 is 4.74 Å². The van der Waals surface area contributed by atoms with Crippen LogP contribution in [0.1, 0.15) is 35.5 Å². The van der Waals surface area contributed by atoms with Crippen LogP contribution in [0.2, 0.25) is 0 Å². The van der Waals surface area contributed by atoms with Crippen LogP contribution < -0.4 is 10.1 Å². The molecular weight excluding hydrogens is 262 g/mol. The van der Waals surface area contributed by atoms with Crippen LogP contribution in [-0.2, 0) is 6.54 Å². The van der Waals surface area contributed by atoms with Gasteiger partial charge in [-0.25, -0.2) is 4.98 Å². The van der Waals surface area contributed by atoms with Gasteiger partial charge in [0.25, 0.3) is 0 Å². The van der Waals surface area contributed by atoms with Crippen molar-refractivity contribution in [3.05, 3.63) is 47.0 Å². The van der Waals surface area contributed by atoms with E-state index in [1.54, 1.807) is 7.11 Å². The van der Waals surface area contributed by atoms with E-state index in [-0.39, 0.29) is 6.04 Å². The van der Waals surface area contributed by atoms with Crippen LogP contribution >= 0.6 is 0 Å². The standard InChI is InChI=1S/C17H25N3O/c1-6-18-16(10-20-11-19-13(3)14(20)4)15-9-12(2)7-8-17(15)21-5/h7-9,11,16,18H,6,10H2,1-5H3. The highest BCUT2D eigenvalue weighted by molar-refractivity contribution is 5.39. The zero-order valence-electron chi connectivity index (χ0n) is 13.6. The van der Waals surface area contributed by atoms with Crippen molar-refractivity contribution in [3.63, 3.8) is 0 Å². The molecule has 1 heterocycles. The molecular formula is C17H25N3O. The lowest BCUT2D eigenvalue weighted by Gasteiger charge is -2.22. The van der Waals surface area contributed by atoms with Crippen LogP contribution in [0.15, 0.2) is 24.5 Å². The van der Waals surface area contributed by atoms with Gasteiger partial charge in [-0.3, -0.25) is 0 Å². The van der Waals surface area contributed by atoms with E-state index >= 15 is 0 Å². The summed E-state index contributed by atoms with van der Waals surface area (Å²) in [6.45, 7) is 10.1. The van der Waals surface area contributed by atoms with Crippen molar-refractivity contribution >= 4 is 0 Å². The number of aromatic nitrogens is 2. The first-order chi connectivity index (χ1) is 10.1. The number of methoxy groups -OCH3 is 1. The second kappa shape index (κ2) is 6.76. The molecule has 1 unspecified atom stereocenters. The fraction of sp³-hybridized carbons (Fsp3) is 0.471. The van der Waals surface area contributed by atoms with Crippen molar-refractivity contribution in [1.82, 2.24) is 14.9 Å². The number of likely N-dealkylation sites (N-methyl/N-ethyl adjacent to an activating group) is 1. The number of nitrogens with one attached hydrogen (secondary N) is 1. The molecule has 0 bridgehead atoms. The summed E-state index contributed by atoms with van der Waals surface area (Å²) in [4.78, 5) is 4.39. The molecule has 1 aromatic heterocycles. The number of hydrogen-bond donors (Lipinski definition) is 1. The molecule has 0 aliphatic heterocycles. The number of nitrogens with zero attached hydrogens (tertiary/aromatic N) is 2. The molecule has 1 N–H and O–H groups in total. The predicted molar refractivity (Wildman–Crippen MR) is 85.8 cm³/mol. The van der Waals surface area contributed by atoms with E-state index in [2.05, 4.69) is 47.8 Å². The first-order valence-corrected chi connectivity index (χ1v) is 7.43. The number of ether oxygens (including phenoxy) is 1. The zero-order chi connectivity index (χ0) is 15.4. The number of rotatable bonds is 6. The fourth-order valence-corrected chi connectivity index (χ4v) is 2.57. The van der Waals surface area contributed by atoms with E-state index in [1.807, 2.05) is 19.3 Å². The van der Waals surface area contributed by atoms with E-state index < -0.39 is 0 Å². The van der Waals surface area contributed by atoms with E-state index in [9.17, 15) is 0 Å². The molecule has 1 aromatic carbocycles. The zero-order valence-corrected chi connectivity index (χ0v) is 13.6. The SMILES string of the molecule is CCNC(Cn1cnc(C)c1C)c1cc(C)ccc1OC. The summed E-state index contributed by atoms with van der Waals surface area (Å²) >= 11 is 0. The Balaban J connectivity index is 2.34. The average Bonchev–Trinajstić information content (AvgIpc) is 2.78. The van der Waals surface area contributed by atoms with Gasteiger partial charge >= 0.3 is 0 Å². The Kier molecular flexibility index (Phi) is 5.02. The highest BCUT2D eigenvalue weighted by Crippen LogP contribution is 2.28. The Labute approximate surface area is 127 Å². The normalized spacial score (nSPS) is 12.4. The van der Waals surface area contributed by atoms with Gasteiger partial charge in [0.2, 0.25) is 0 Å². The minimum absolute atomic E-state index is 0.206. The first kappa shape index (κ1) is 15.6. The fourth-order valence-electron chi connectivity index (χ4n) is 2.57. The predicted octanol–water partition coefficient (Wildman–Crippen LogP) is 3.17. The van der Waals surface area contributed by atoms with Gasteiger partial charge in [-0.15, -0.1) is 0 Å². The lowest BCUT2D eigenvalue weighted by Crippen LogP contribution is -2.26. The highest BCUT2D eigenvalue weighted by atomic mass is 16.5. The number of benzene rings is 1. The van der Waals surface area contributed by atoms with Crippen molar-refractivity contribution in [2.24, 2.45) is 0 Å². The second-order valence-electron chi connectivity index (χ2n) is 5.42. The molecule has 0 aliphatic rings. The van der Waals surface area contributed by atoms with Crippen LogP contribution in [-0.4, -0.2) is 23.2 Å². The van der Waals surface area contributed by atoms with Crippen LogP contribution in [0.3, 0.4) is 0 Å². The third kappa shape index (κ3) is 3.45. The summed E-state index contributed by atoms with van der Waals surface area (Å²) in [6.07, 6.45) is 1.91. The minimum Gasteiger partial charge on any atom is -0.496 e. The highest BCUT2D eigenvalue weighted by Gasteiger charge is 2.17. The van der Waals surface area contributed by atoms with Crippen molar-refractivity contribution in [2.75, 3.05) is 13.7 Å². The molecule has 4 heteroatoms. The third-order valence-corrected chi connectivity index (χ3v) is 3.94. The van der Waals surface area contributed by atoms with Crippen LogP contribution in [0.5, 0.6) is 5.75 Å². The topological polar surface area (TPSA) is 39.1 Å². The molecule has 4 nitrogen and oxygen atoms in total. The van der Waals surface area contributed by atoms with Gasteiger partial charge in [-0.2, -0.15) is 0 Å². The molecule has 114 valence electrons. The third-order valence-electron chi connectivity index (χ3n) is 3.94. The van der Waals surface area contributed by atoms with Gasteiger partial charge in [0.1, 0.15) is 5.75 Å². The van der Waals surface area contributed by atoms with Gasteiger partial charge in [0.05, 0.1) is 25.2 Å². The average molecular weight is 287 g/mol. The molecule has 0 radical (unpaired) electrons. The molecule has 0 aliphatic carbocycles. The Morgan fingerprint density at radius 1 is 1.29 bits per heavy atom. The molecule has 0 spiro atoms. The Bertz CT molecular complexity index is 604. The molecule has 2 aromatic rings. The van der Waals surface area contributed by atoms with Crippen LogP contribution in [0.4, 0.5) is 0 Å². The molecule has 0 fully saturated rings. The van der Waals surface area contributed by atoms with E-state index in [1.165, 1.54) is 16.8 Å². The second-order valence-corrected chi connectivity index (χ2v) is 5.42. The summed E-state index contributed by atoms with van der Waals surface area (Å²) in [7, 11) is 1.73. The van der Waals surface area contributed by atoms with Gasteiger partial charge < -0.3 is 14.6 Å². The quantitative estimate of drug-likeness (QED) is 0.887. The summed E-state index contributed by atoms with van der Waals surface area (Å²) in [5.74, 6) is 0.932. The Morgan fingerprint density at radius 2 is 2.05 bits per heavy atom. The largest absolute Gasteiger partial charge is 0.496 e. The van der Waals surface area contributed by atoms with Crippen LogP contribution in [0, 0.1) is 20.8 Å². The molecule has 2 rings (SSSR count). The van der Waals surface area contributed by atoms with Gasteiger partial charge in [0, 0.05) is 17.8 Å². The van der Waals surface area contributed by atoms with Crippen LogP contribution in [0.25, 0.3) is 0 Å². The van der Waals surface area contributed by atoms with Crippen molar-refractivity contribution in [1.29, 1.82) is 0 Å². The van der Waals surface area contributed by atoms with Crippen molar-refractivity contribution in [3.8, 4) is 5.75 Å². The van der Waals surface area contributed by atoms with E-state index in [0.717, 1.165) is 24.5 Å². The van der Waals surface area contributed by atoms with Gasteiger partial charge in [0.15, 0.2) is 0 Å². The van der Waals surface area contributed by atoms with Gasteiger partial charge in [-0.05, 0) is 33.4 Å². The lowest BCUT2D eigenvalue weighted by atomic mass is 10.0. The number of imidazole rings is 1. The number of hydrogen-bond acceptors (Lipinski definition) is 3. The molecule has 21 heavy (non-hydrogen) atoms. The lowest BCUT2D eigenvalue weighted by molar-refractivity contribution is 0.390.